The number of aromatic nitrogens is 1. The van der Waals surface area contributed by atoms with Gasteiger partial charge in [0, 0.05) is 61.3 Å². The summed E-state index contributed by atoms with van der Waals surface area (Å²) in [7, 11) is 2.05. The van der Waals surface area contributed by atoms with Crippen LogP contribution in [0.25, 0.3) is 10.8 Å². The molecule has 244 valence electrons. The Balaban J connectivity index is 1.14. The smallest absolute Gasteiger partial charge is 0.323 e. The van der Waals surface area contributed by atoms with Crippen LogP contribution in [0.1, 0.15) is 38.2 Å². The number of hydrogen-bond acceptors (Lipinski definition) is 7. The number of pyridine rings is 1. The maximum atomic E-state index is 13.4. The monoisotopic (exact) mass is 634 g/mol. The molecule has 47 heavy (non-hydrogen) atoms. The third-order valence-corrected chi connectivity index (χ3v) is 8.51. The average molecular weight is 635 g/mol. The molecule has 2 aliphatic rings. The Kier molecular flexibility index (Phi) is 9.82. The summed E-state index contributed by atoms with van der Waals surface area (Å²) in [5, 5.41) is 17.5. The first-order valence-electron chi connectivity index (χ1n) is 16.3. The van der Waals surface area contributed by atoms with Crippen molar-refractivity contribution in [2.75, 3.05) is 48.9 Å². The number of ether oxygens (including phenoxy) is 1. The van der Waals surface area contributed by atoms with E-state index in [1.54, 1.807) is 23.2 Å². The first-order chi connectivity index (χ1) is 22.9. The van der Waals surface area contributed by atoms with Gasteiger partial charge in [-0.1, -0.05) is 55.3 Å². The van der Waals surface area contributed by atoms with Crippen LogP contribution in [-0.4, -0.2) is 72.0 Å². The van der Waals surface area contributed by atoms with Crippen molar-refractivity contribution in [1.82, 2.24) is 20.1 Å². The Hall–Kier alpha value is -5.16. The van der Waals surface area contributed by atoms with E-state index >= 15 is 0 Å². The molecule has 1 saturated heterocycles. The van der Waals surface area contributed by atoms with Crippen molar-refractivity contribution in [3.63, 3.8) is 0 Å². The lowest BCUT2D eigenvalue weighted by Crippen LogP contribution is -2.48. The highest BCUT2D eigenvalue weighted by Crippen LogP contribution is 2.35. The third-order valence-electron chi connectivity index (χ3n) is 8.51. The fourth-order valence-electron chi connectivity index (χ4n) is 5.80. The zero-order valence-corrected chi connectivity index (χ0v) is 27.2. The molecule has 0 saturated carbocycles. The summed E-state index contributed by atoms with van der Waals surface area (Å²) in [6.07, 6.45) is 5.04. The van der Waals surface area contributed by atoms with Crippen molar-refractivity contribution < 1.29 is 14.3 Å². The summed E-state index contributed by atoms with van der Waals surface area (Å²) in [5.41, 5.74) is 3.86. The predicted molar refractivity (Wildman–Crippen MR) is 188 cm³/mol. The van der Waals surface area contributed by atoms with Crippen LogP contribution in [0.15, 0.2) is 84.1 Å². The number of likely N-dealkylation sites (N-methyl/N-ethyl adjacent to an activating group) is 1. The van der Waals surface area contributed by atoms with Gasteiger partial charge < -0.3 is 25.2 Å². The second-order valence-electron chi connectivity index (χ2n) is 12.1. The number of rotatable bonds is 9. The van der Waals surface area contributed by atoms with Gasteiger partial charge in [0.1, 0.15) is 23.5 Å². The van der Waals surface area contributed by atoms with Gasteiger partial charge in [-0.2, -0.15) is 5.10 Å². The molecular weight excluding hydrogens is 592 g/mol. The number of piperazine rings is 1. The van der Waals surface area contributed by atoms with Gasteiger partial charge in [0.25, 0.3) is 0 Å². The summed E-state index contributed by atoms with van der Waals surface area (Å²) >= 11 is 0. The lowest BCUT2D eigenvalue weighted by molar-refractivity contribution is 0.164. The van der Waals surface area contributed by atoms with Crippen LogP contribution in [0.4, 0.5) is 26.8 Å². The van der Waals surface area contributed by atoms with Crippen molar-refractivity contribution in [3.05, 3.63) is 84.6 Å². The molecule has 6 rings (SSSR count). The maximum absolute atomic E-state index is 13.4. The molecule has 1 aromatic heterocycles. The van der Waals surface area contributed by atoms with Gasteiger partial charge in [0.15, 0.2) is 0 Å². The molecule has 3 N–H and O–H groups in total. The molecule has 0 radical (unpaired) electrons. The van der Waals surface area contributed by atoms with E-state index in [1.165, 1.54) is 5.56 Å². The van der Waals surface area contributed by atoms with Gasteiger partial charge in [-0.15, -0.1) is 0 Å². The Morgan fingerprint density at radius 1 is 0.936 bits per heavy atom. The standard InChI is InChI=1S/C36H42N8O3/c1-4-5-8-26-23-34(44(41-26)27-13-11-25(2)12-14-27)40-35(45)38-31-15-16-32(30-10-7-6-9-29(30)31)47-28-17-18-37-33(24-28)39-36(46)43-21-19-42(3)20-22-43/h6-7,9-18,24,34H,4-5,8,19-23H2,1-3H3,(H,37,39,46)(H2,38,40,45). The zero-order chi connectivity index (χ0) is 32.8. The third kappa shape index (κ3) is 7.81. The van der Waals surface area contributed by atoms with E-state index in [0.29, 0.717) is 42.5 Å². The topological polar surface area (TPSA) is 114 Å². The molecule has 3 aromatic carbocycles. The highest BCUT2D eigenvalue weighted by atomic mass is 16.5. The van der Waals surface area contributed by atoms with Crippen molar-refractivity contribution in [2.45, 2.75) is 45.7 Å². The SMILES string of the molecule is CCCCC1=NN(c2ccc(C)cc2)C(NC(=O)Nc2ccc(Oc3ccnc(NC(=O)N4CCN(C)CC4)c3)c3ccccc23)C1. The molecule has 11 nitrogen and oxygen atoms in total. The maximum Gasteiger partial charge on any atom is 0.323 e. The Bertz CT molecular complexity index is 1750. The molecule has 0 spiro atoms. The van der Waals surface area contributed by atoms with E-state index < -0.39 is 0 Å². The number of fused-ring (bicyclic) bond motifs is 1. The molecule has 2 aliphatic heterocycles. The molecule has 1 atom stereocenters. The molecular formula is C36H42N8O3. The number of hydrazone groups is 1. The number of benzene rings is 3. The van der Waals surface area contributed by atoms with E-state index in [9.17, 15) is 9.59 Å². The van der Waals surface area contributed by atoms with Crippen LogP contribution in [0.2, 0.25) is 0 Å². The highest BCUT2D eigenvalue weighted by molar-refractivity contribution is 6.04. The van der Waals surface area contributed by atoms with E-state index in [0.717, 1.165) is 54.5 Å². The molecule has 0 aliphatic carbocycles. The Morgan fingerprint density at radius 3 is 2.47 bits per heavy atom. The van der Waals surface area contributed by atoms with E-state index in [2.05, 4.69) is 51.8 Å². The van der Waals surface area contributed by atoms with Gasteiger partial charge in [0.05, 0.1) is 11.4 Å². The number of anilines is 3. The van der Waals surface area contributed by atoms with Crippen LogP contribution in [0.3, 0.4) is 0 Å². The number of nitrogens with zero attached hydrogens (tertiary/aromatic N) is 5. The van der Waals surface area contributed by atoms with Gasteiger partial charge in [-0.25, -0.2) is 19.6 Å². The molecule has 11 heteroatoms. The van der Waals surface area contributed by atoms with Crippen molar-refractivity contribution in [2.24, 2.45) is 5.10 Å². The quantitative estimate of drug-likeness (QED) is 0.182. The number of nitrogens with one attached hydrogen (secondary N) is 3. The van der Waals surface area contributed by atoms with Crippen molar-refractivity contribution >= 4 is 45.7 Å². The second-order valence-corrected chi connectivity index (χ2v) is 12.1. The molecule has 1 fully saturated rings. The summed E-state index contributed by atoms with van der Waals surface area (Å²) in [6.45, 7) is 7.23. The fraction of sp³-hybridized carbons (Fsp3) is 0.333. The minimum absolute atomic E-state index is 0.176. The Morgan fingerprint density at radius 2 is 1.70 bits per heavy atom. The summed E-state index contributed by atoms with van der Waals surface area (Å²) < 4.78 is 6.29. The van der Waals surface area contributed by atoms with Crippen LogP contribution < -0.4 is 25.7 Å². The zero-order valence-electron chi connectivity index (χ0n) is 27.2. The van der Waals surface area contributed by atoms with Gasteiger partial charge in [-0.05, 0) is 57.1 Å². The molecule has 4 amide bonds. The van der Waals surface area contributed by atoms with Gasteiger partial charge in [0.2, 0.25) is 0 Å². The van der Waals surface area contributed by atoms with E-state index in [1.807, 2.05) is 60.6 Å². The lowest BCUT2D eigenvalue weighted by atomic mass is 10.1. The minimum atomic E-state index is -0.312. The van der Waals surface area contributed by atoms with Gasteiger partial charge in [-0.3, -0.25) is 5.32 Å². The molecule has 3 heterocycles. The van der Waals surface area contributed by atoms with Crippen LogP contribution in [-0.2, 0) is 0 Å². The number of urea groups is 2. The average Bonchev–Trinajstić information content (AvgIpc) is 3.47. The van der Waals surface area contributed by atoms with Crippen molar-refractivity contribution in [3.8, 4) is 11.5 Å². The molecule has 4 aromatic rings. The first-order valence-corrected chi connectivity index (χ1v) is 16.3. The lowest BCUT2D eigenvalue weighted by Gasteiger charge is -2.32. The normalized spacial score (nSPS) is 16.6. The minimum Gasteiger partial charge on any atom is -0.457 e. The predicted octanol–water partition coefficient (Wildman–Crippen LogP) is 7.02. The first kappa shape index (κ1) is 31.8. The van der Waals surface area contributed by atoms with Crippen LogP contribution in [0.5, 0.6) is 11.5 Å². The number of hydrogen-bond donors (Lipinski definition) is 3. The van der Waals surface area contributed by atoms with E-state index in [4.69, 9.17) is 9.84 Å². The van der Waals surface area contributed by atoms with Crippen LogP contribution in [0, 0.1) is 6.92 Å². The molecule has 0 bridgehead atoms. The largest absolute Gasteiger partial charge is 0.457 e. The number of aryl methyl sites for hydroxylation is 1. The molecule has 1 unspecified atom stereocenters. The number of carbonyl (C=O) groups excluding carboxylic acids is 2. The summed E-state index contributed by atoms with van der Waals surface area (Å²) in [5.74, 6) is 1.57. The summed E-state index contributed by atoms with van der Waals surface area (Å²) in [4.78, 5) is 34.5. The van der Waals surface area contributed by atoms with E-state index in [-0.39, 0.29) is 18.2 Å². The number of amides is 4. The number of unbranched alkanes of at least 4 members (excludes halogenated alkanes) is 1. The summed E-state index contributed by atoms with van der Waals surface area (Å²) in [6, 6.07) is 22.6. The Labute approximate surface area is 275 Å². The van der Waals surface area contributed by atoms with Gasteiger partial charge >= 0.3 is 12.1 Å². The van der Waals surface area contributed by atoms with Crippen LogP contribution >= 0.6 is 0 Å². The highest BCUT2D eigenvalue weighted by Gasteiger charge is 2.29. The second kappa shape index (κ2) is 14.5. The fourth-order valence-corrected chi connectivity index (χ4v) is 5.80. The number of carbonyl (C=O) groups is 2. The van der Waals surface area contributed by atoms with Crippen molar-refractivity contribution in [1.29, 1.82) is 0 Å².